The topological polar surface area (TPSA) is 33.5 Å². The van der Waals surface area contributed by atoms with Crippen molar-refractivity contribution >= 4 is 46.1 Å². The lowest BCUT2D eigenvalue weighted by Gasteiger charge is -2.14. The Hall–Kier alpha value is -1.07. The number of rotatable bonds is 5. The molecule has 0 aliphatic rings. The van der Waals surface area contributed by atoms with Crippen molar-refractivity contribution in [3.8, 4) is 0 Å². The molecular weight excluding hydrogens is 327 g/mol. The standard InChI is InChI=1S/C15H16Cl2N2OS/c1-10-12(16)4-3-5-13(10)18-15(20)9-19(2)8-11-6-7-14(17)21-11/h3-7H,8-9H2,1-2H3,(H,18,20)/p+1. The van der Waals surface area contributed by atoms with Gasteiger partial charge in [0.2, 0.25) is 0 Å². The van der Waals surface area contributed by atoms with Crippen LogP contribution in [0, 0.1) is 6.92 Å². The predicted molar refractivity (Wildman–Crippen MR) is 89.6 cm³/mol. The van der Waals surface area contributed by atoms with Crippen LogP contribution in [0.3, 0.4) is 0 Å². The minimum Gasteiger partial charge on any atom is -0.325 e. The van der Waals surface area contributed by atoms with Crippen molar-refractivity contribution in [3.05, 3.63) is 50.1 Å². The first-order chi connectivity index (χ1) is 9.95. The molecule has 1 heterocycles. The molecule has 112 valence electrons. The smallest absolute Gasteiger partial charge is 0.279 e. The molecule has 2 N–H and O–H groups in total. The van der Waals surface area contributed by atoms with Gasteiger partial charge in [0.15, 0.2) is 6.54 Å². The molecule has 6 heteroatoms. The molecule has 0 saturated heterocycles. The summed E-state index contributed by atoms with van der Waals surface area (Å²) in [6.07, 6.45) is 0. The number of halogens is 2. The van der Waals surface area contributed by atoms with E-state index >= 15 is 0 Å². The van der Waals surface area contributed by atoms with Crippen LogP contribution in [0.5, 0.6) is 0 Å². The molecule has 0 saturated carbocycles. The highest BCUT2D eigenvalue weighted by Gasteiger charge is 2.13. The fourth-order valence-electron chi connectivity index (χ4n) is 2.02. The van der Waals surface area contributed by atoms with E-state index in [-0.39, 0.29) is 5.91 Å². The van der Waals surface area contributed by atoms with Crippen LogP contribution >= 0.6 is 34.5 Å². The van der Waals surface area contributed by atoms with Crippen molar-refractivity contribution < 1.29 is 9.69 Å². The van der Waals surface area contributed by atoms with Crippen molar-refractivity contribution in [3.63, 3.8) is 0 Å². The number of quaternary nitrogens is 1. The second-order valence-corrected chi connectivity index (χ2v) is 7.18. The summed E-state index contributed by atoms with van der Waals surface area (Å²) in [7, 11) is 1.98. The van der Waals surface area contributed by atoms with Gasteiger partial charge in [-0.2, -0.15) is 0 Å². The number of carbonyl (C=O) groups is 1. The number of amides is 1. The summed E-state index contributed by atoms with van der Waals surface area (Å²) in [5, 5.41) is 3.56. The monoisotopic (exact) mass is 343 g/mol. The van der Waals surface area contributed by atoms with Crippen LogP contribution in [0.4, 0.5) is 5.69 Å². The number of nitrogens with one attached hydrogen (secondary N) is 2. The molecule has 1 aromatic heterocycles. The van der Waals surface area contributed by atoms with E-state index in [4.69, 9.17) is 23.2 Å². The van der Waals surface area contributed by atoms with Gasteiger partial charge in [0, 0.05) is 10.7 Å². The summed E-state index contributed by atoms with van der Waals surface area (Å²) >= 11 is 13.5. The molecule has 1 aromatic carbocycles. The first kappa shape index (κ1) is 16.3. The maximum atomic E-state index is 12.1. The lowest BCUT2D eigenvalue weighted by atomic mass is 10.2. The molecule has 0 aliphatic carbocycles. The van der Waals surface area contributed by atoms with Gasteiger partial charge in [-0.05, 0) is 36.8 Å². The zero-order valence-electron chi connectivity index (χ0n) is 11.9. The fourth-order valence-corrected chi connectivity index (χ4v) is 3.39. The maximum absolute atomic E-state index is 12.1. The molecule has 0 spiro atoms. The first-order valence-electron chi connectivity index (χ1n) is 6.56. The number of anilines is 1. The number of likely N-dealkylation sites (N-methyl/N-ethyl adjacent to an activating group) is 1. The van der Waals surface area contributed by atoms with Crippen LogP contribution in [-0.4, -0.2) is 19.5 Å². The van der Waals surface area contributed by atoms with Gasteiger partial charge in [-0.15, -0.1) is 11.3 Å². The second-order valence-electron chi connectivity index (χ2n) is 4.98. The zero-order valence-corrected chi connectivity index (χ0v) is 14.2. The summed E-state index contributed by atoms with van der Waals surface area (Å²) in [6, 6.07) is 9.37. The van der Waals surface area contributed by atoms with Crippen molar-refractivity contribution in [1.82, 2.24) is 0 Å². The highest BCUT2D eigenvalue weighted by Crippen LogP contribution is 2.22. The summed E-state index contributed by atoms with van der Waals surface area (Å²) < 4.78 is 0.775. The number of hydrogen-bond acceptors (Lipinski definition) is 2. The van der Waals surface area contributed by atoms with E-state index in [0.29, 0.717) is 11.6 Å². The molecule has 0 radical (unpaired) electrons. The van der Waals surface area contributed by atoms with E-state index in [1.807, 2.05) is 44.3 Å². The lowest BCUT2D eigenvalue weighted by Crippen LogP contribution is -3.08. The highest BCUT2D eigenvalue weighted by atomic mass is 35.5. The van der Waals surface area contributed by atoms with Crippen LogP contribution in [0.2, 0.25) is 9.36 Å². The molecule has 3 nitrogen and oxygen atoms in total. The molecular formula is C15H17Cl2N2OS+. The molecule has 0 fully saturated rings. The minimum absolute atomic E-state index is 0.0273. The van der Waals surface area contributed by atoms with Crippen molar-refractivity contribution in [2.75, 3.05) is 18.9 Å². The molecule has 21 heavy (non-hydrogen) atoms. The second kappa shape index (κ2) is 7.27. The van der Waals surface area contributed by atoms with Crippen LogP contribution in [0.1, 0.15) is 10.4 Å². The van der Waals surface area contributed by atoms with Gasteiger partial charge in [0.25, 0.3) is 5.91 Å². The third-order valence-electron chi connectivity index (χ3n) is 3.11. The predicted octanol–water partition coefficient (Wildman–Crippen LogP) is 3.02. The van der Waals surface area contributed by atoms with Crippen molar-refractivity contribution in [1.29, 1.82) is 0 Å². The number of carbonyl (C=O) groups excluding carboxylic acids is 1. The zero-order chi connectivity index (χ0) is 15.4. The van der Waals surface area contributed by atoms with Crippen molar-refractivity contribution in [2.45, 2.75) is 13.5 Å². The third-order valence-corrected chi connectivity index (χ3v) is 4.75. The molecule has 2 rings (SSSR count). The van der Waals surface area contributed by atoms with Gasteiger partial charge in [0.05, 0.1) is 16.3 Å². The highest BCUT2D eigenvalue weighted by molar-refractivity contribution is 7.16. The van der Waals surface area contributed by atoms with E-state index in [1.54, 1.807) is 11.3 Å². The Morgan fingerprint density at radius 1 is 1.29 bits per heavy atom. The van der Waals surface area contributed by atoms with E-state index < -0.39 is 0 Å². The molecule has 0 aliphatic heterocycles. The van der Waals surface area contributed by atoms with Crippen LogP contribution in [0.15, 0.2) is 30.3 Å². The Kier molecular flexibility index (Phi) is 5.65. The normalized spacial score (nSPS) is 12.2. The first-order valence-corrected chi connectivity index (χ1v) is 8.13. The number of hydrogen-bond donors (Lipinski definition) is 2. The molecule has 1 atom stereocenters. The Morgan fingerprint density at radius 2 is 2.05 bits per heavy atom. The van der Waals surface area contributed by atoms with Crippen molar-refractivity contribution in [2.24, 2.45) is 0 Å². The third kappa shape index (κ3) is 4.71. The Bertz CT molecular complexity index is 642. The van der Waals surface area contributed by atoms with E-state index in [2.05, 4.69) is 5.32 Å². The summed E-state index contributed by atoms with van der Waals surface area (Å²) in [5.41, 5.74) is 1.65. The fraction of sp³-hybridized carbons (Fsp3) is 0.267. The Morgan fingerprint density at radius 3 is 2.71 bits per heavy atom. The van der Waals surface area contributed by atoms with E-state index in [0.717, 1.165) is 27.0 Å². The van der Waals surface area contributed by atoms with Gasteiger partial charge in [-0.25, -0.2) is 0 Å². The number of benzene rings is 1. The average molecular weight is 344 g/mol. The quantitative estimate of drug-likeness (QED) is 0.859. The number of thiophene rings is 1. The Balaban J connectivity index is 1.90. The van der Waals surface area contributed by atoms with Crippen LogP contribution in [-0.2, 0) is 11.3 Å². The SMILES string of the molecule is Cc1c(Cl)cccc1NC(=O)C[NH+](C)Cc1ccc(Cl)s1. The average Bonchev–Trinajstić information content (AvgIpc) is 2.80. The lowest BCUT2D eigenvalue weighted by molar-refractivity contribution is -0.884. The minimum atomic E-state index is -0.0273. The van der Waals surface area contributed by atoms with Gasteiger partial charge in [-0.1, -0.05) is 29.3 Å². The summed E-state index contributed by atoms with van der Waals surface area (Å²) in [6.45, 7) is 3.06. The molecule has 0 bridgehead atoms. The summed E-state index contributed by atoms with van der Waals surface area (Å²) in [5.74, 6) is -0.0273. The summed E-state index contributed by atoms with van der Waals surface area (Å²) in [4.78, 5) is 14.4. The van der Waals surface area contributed by atoms with E-state index in [9.17, 15) is 4.79 Å². The Labute approximate surface area is 138 Å². The van der Waals surface area contributed by atoms with E-state index in [1.165, 1.54) is 4.88 Å². The van der Waals surface area contributed by atoms with Gasteiger partial charge in [-0.3, -0.25) is 4.79 Å². The maximum Gasteiger partial charge on any atom is 0.279 e. The molecule has 1 amide bonds. The van der Waals surface area contributed by atoms with Crippen LogP contribution < -0.4 is 10.2 Å². The largest absolute Gasteiger partial charge is 0.325 e. The molecule has 2 aromatic rings. The van der Waals surface area contributed by atoms with Gasteiger partial charge in [0.1, 0.15) is 6.54 Å². The van der Waals surface area contributed by atoms with Crippen LogP contribution in [0.25, 0.3) is 0 Å². The van der Waals surface area contributed by atoms with Gasteiger partial charge >= 0.3 is 0 Å². The molecule has 1 unspecified atom stereocenters. The van der Waals surface area contributed by atoms with Gasteiger partial charge < -0.3 is 10.2 Å².